The second kappa shape index (κ2) is 10.8. The van der Waals surface area contributed by atoms with E-state index >= 15 is 0 Å². The van der Waals surface area contributed by atoms with Crippen molar-refractivity contribution in [2.45, 2.75) is 19.5 Å². The van der Waals surface area contributed by atoms with Gasteiger partial charge >= 0.3 is 0 Å². The number of aliphatic imine (C=N–C) groups is 1. The molecule has 7 nitrogen and oxygen atoms in total. The van der Waals surface area contributed by atoms with Crippen LogP contribution in [0.5, 0.6) is 0 Å². The zero-order valence-corrected chi connectivity index (χ0v) is 18.9. The van der Waals surface area contributed by atoms with Crippen LogP contribution in [0.15, 0.2) is 76.3 Å². The van der Waals surface area contributed by atoms with Crippen LogP contribution in [-0.4, -0.2) is 61.7 Å². The Morgan fingerprint density at radius 1 is 1.00 bits per heavy atom. The zero-order chi connectivity index (χ0) is 22.2. The Balaban J connectivity index is 1.21. The molecule has 0 spiro atoms. The Morgan fingerprint density at radius 3 is 2.38 bits per heavy atom. The predicted octanol–water partition coefficient (Wildman–Crippen LogP) is 3.22. The summed E-state index contributed by atoms with van der Waals surface area (Å²) in [6.07, 6.45) is 1.69. The molecule has 0 radical (unpaired) electrons. The number of oxazole rings is 1. The fourth-order valence-electron chi connectivity index (χ4n) is 3.93. The standard InChI is InChI=1S/C25H32N6O/c1-20(30-13-15-31(16-14-30)23-11-7-4-8-12-23)17-27-25(26-2)28-18-22-19-32-24(29-22)21-9-5-3-6-10-21/h3-12,19-20H,13-18H2,1-2H3,(H2,26,27,28). The second-order valence-electron chi connectivity index (χ2n) is 8.02. The number of hydrogen-bond acceptors (Lipinski definition) is 5. The molecule has 168 valence electrons. The molecule has 1 aliphatic heterocycles. The maximum absolute atomic E-state index is 5.61. The Labute approximate surface area is 190 Å². The summed E-state index contributed by atoms with van der Waals surface area (Å²) in [6, 6.07) is 21.0. The van der Waals surface area contributed by atoms with Gasteiger partial charge in [-0.3, -0.25) is 9.89 Å². The summed E-state index contributed by atoms with van der Waals surface area (Å²) in [4.78, 5) is 13.9. The lowest BCUT2D eigenvalue weighted by atomic mass is 10.2. The minimum absolute atomic E-state index is 0.420. The molecule has 1 atom stereocenters. The molecule has 2 heterocycles. The third-order valence-corrected chi connectivity index (χ3v) is 5.86. The number of hydrogen-bond donors (Lipinski definition) is 2. The SMILES string of the molecule is CN=C(NCc1coc(-c2ccccc2)n1)NCC(C)N1CCN(c2ccccc2)CC1. The molecule has 4 rings (SSSR count). The van der Waals surface area contributed by atoms with Crippen LogP contribution in [0, 0.1) is 0 Å². The highest BCUT2D eigenvalue weighted by atomic mass is 16.3. The largest absolute Gasteiger partial charge is 0.444 e. The van der Waals surface area contributed by atoms with E-state index in [1.54, 1.807) is 13.3 Å². The third-order valence-electron chi connectivity index (χ3n) is 5.86. The number of benzene rings is 2. The summed E-state index contributed by atoms with van der Waals surface area (Å²) in [5.41, 5.74) is 3.13. The lowest BCUT2D eigenvalue weighted by molar-refractivity contribution is 0.197. The van der Waals surface area contributed by atoms with Gasteiger partial charge in [0.25, 0.3) is 0 Å². The zero-order valence-electron chi connectivity index (χ0n) is 18.9. The molecule has 7 heteroatoms. The molecular weight excluding hydrogens is 400 g/mol. The van der Waals surface area contributed by atoms with Crippen molar-refractivity contribution in [3.63, 3.8) is 0 Å². The first-order chi connectivity index (χ1) is 15.7. The smallest absolute Gasteiger partial charge is 0.226 e. The van der Waals surface area contributed by atoms with Crippen molar-refractivity contribution in [2.75, 3.05) is 44.7 Å². The minimum atomic E-state index is 0.420. The minimum Gasteiger partial charge on any atom is -0.444 e. The van der Waals surface area contributed by atoms with E-state index in [0.29, 0.717) is 18.5 Å². The number of rotatable bonds is 7. The van der Waals surface area contributed by atoms with Crippen molar-refractivity contribution in [1.29, 1.82) is 0 Å². The number of nitrogens with one attached hydrogen (secondary N) is 2. The van der Waals surface area contributed by atoms with E-state index in [9.17, 15) is 0 Å². The Morgan fingerprint density at radius 2 is 1.69 bits per heavy atom. The first kappa shape index (κ1) is 21.9. The van der Waals surface area contributed by atoms with Crippen LogP contribution in [0.25, 0.3) is 11.5 Å². The summed E-state index contributed by atoms with van der Waals surface area (Å²) < 4.78 is 5.61. The van der Waals surface area contributed by atoms with Gasteiger partial charge in [-0.05, 0) is 31.2 Å². The molecule has 1 aromatic heterocycles. The topological polar surface area (TPSA) is 68.9 Å². The maximum Gasteiger partial charge on any atom is 0.226 e. The van der Waals surface area contributed by atoms with Crippen molar-refractivity contribution in [2.24, 2.45) is 4.99 Å². The molecule has 0 aliphatic carbocycles. The number of nitrogens with zero attached hydrogens (tertiary/aromatic N) is 4. The van der Waals surface area contributed by atoms with Crippen molar-refractivity contribution in [1.82, 2.24) is 20.5 Å². The summed E-state index contributed by atoms with van der Waals surface area (Å²) >= 11 is 0. The van der Waals surface area contributed by atoms with Crippen molar-refractivity contribution >= 4 is 11.6 Å². The lowest BCUT2D eigenvalue weighted by Crippen LogP contribution is -2.53. The van der Waals surface area contributed by atoms with Gasteiger partial charge in [0.05, 0.1) is 12.2 Å². The molecule has 3 aromatic rings. The van der Waals surface area contributed by atoms with Gasteiger partial charge in [0.15, 0.2) is 5.96 Å². The molecular formula is C25H32N6O. The van der Waals surface area contributed by atoms with E-state index in [4.69, 9.17) is 4.42 Å². The van der Waals surface area contributed by atoms with E-state index in [0.717, 1.165) is 49.9 Å². The van der Waals surface area contributed by atoms with E-state index in [1.807, 2.05) is 30.3 Å². The predicted molar refractivity (Wildman–Crippen MR) is 130 cm³/mol. The normalized spacial score (nSPS) is 16.1. The van der Waals surface area contributed by atoms with Crippen LogP contribution in [-0.2, 0) is 6.54 Å². The lowest BCUT2D eigenvalue weighted by Gasteiger charge is -2.39. The van der Waals surface area contributed by atoms with Gasteiger partial charge in [-0.2, -0.15) is 0 Å². The number of piperazine rings is 1. The molecule has 0 amide bonds. The van der Waals surface area contributed by atoms with Crippen LogP contribution in [0.2, 0.25) is 0 Å². The number of para-hydroxylation sites is 1. The van der Waals surface area contributed by atoms with Gasteiger partial charge in [0, 0.05) is 57.1 Å². The molecule has 0 bridgehead atoms. The summed E-state index contributed by atoms with van der Waals surface area (Å²) in [5.74, 6) is 1.40. The highest BCUT2D eigenvalue weighted by molar-refractivity contribution is 5.79. The Hall–Kier alpha value is -3.32. The molecule has 1 unspecified atom stereocenters. The molecule has 1 saturated heterocycles. The first-order valence-electron chi connectivity index (χ1n) is 11.2. The Bertz CT molecular complexity index is 980. The quantitative estimate of drug-likeness (QED) is 0.441. The Kier molecular flexibility index (Phi) is 7.40. The number of guanidine groups is 1. The van der Waals surface area contributed by atoms with Gasteiger partial charge < -0.3 is 20.0 Å². The number of anilines is 1. The maximum atomic E-state index is 5.61. The van der Waals surface area contributed by atoms with Gasteiger partial charge in [-0.1, -0.05) is 36.4 Å². The van der Waals surface area contributed by atoms with E-state index in [2.05, 4.69) is 67.7 Å². The third kappa shape index (κ3) is 5.68. The monoisotopic (exact) mass is 432 g/mol. The second-order valence-corrected chi connectivity index (χ2v) is 8.02. The first-order valence-corrected chi connectivity index (χ1v) is 11.2. The van der Waals surface area contributed by atoms with E-state index in [1.165, 1.54) is 5.69 Å². The van der Waals surface area contributed by atoms with E-state index in [-0.39, 0.29) is 0 Å². The highest BCUT2D eigenvalue weighted by Crippen LogP contribution is 2.18. The highest BCUT2D eigenvalue weighted by Gasteiger charge is 2.21. The van der Waals surface area contributed by atoms with Crippen molar-refractivity contribution in [3.8, 4) is 11.5 Å². The summed E-state index contributed by atoms with van der Waals surface area (Å²) in [7, 11) is 1.79. The van der Waals surface area contributed by atoms with Gasteiger partial charge in [0.1, 0.15) is 6.26 Å². The van der Waals surface area contributed by atoms with Gasteiger partial charge in [-0.25, -0.2) is 4.98 Å². The van der Waals surface area contributed by atoms with Crippen LogP contribution in [0.4, 0.5) is 5.69 Å². The molecule has 2 aromatic carbocycles. The van der Waals surface area contributed by atoms with Crippen molar-refractivity contribution in [3.05, 3.63) is 72.6 Å². The average Bonchev–Trinajstić information content (AvgIpc) is 3.34. The molecule has 1 fully saturated rings. The molecule has 0 saturated carbocycles. The van der Waals surface area contributed by atoms with E-state index < -0.39 is 0 Å². The fraction of sp³-hybridized carbons (Fsp3) is 0.360. The molecule has 2 N–H and O–H groups in total. The van der Waals surface area contributed by atoms with Crippen LogP contribution in [0.3, 0.4) is 0 Å². The van der Waals surface area contributed by atoms with Crippen molar-refractivity contribution < 1.29 is 4.42 Å². The van der Waals surface area contributed by atoms with Gasteiger partial charge in [-0.15, -0.1) is 0 Å². The average molecular weight is 433 g/mol. The van der Waals surface area contributed by atoms with Crippen LogP contribution >= 0.6 is 0 Å². The fourth-order valence-corrected chi connectivity index (χ4v) is 3.93. The molecule has 32 heavy (non-hydrogen) atoms. The number of aromatic nitrogens is 1. The van der Waals surface area contributed by atoms with Gasteiger partial charge in [0.2, 0.25) is 5.89 Å². The summed E-state index contributed by atoms with van der Waals surface area (Å²) in [5, 5.41) is 6.77. The van der Waals surface area contributed by atoms with Crippen LogP contribution in [0.1, 0.15) is 12.6 Å². The summed E-state index contributed by atoms with van der Waals surface area (Å²) in [6.45, 7) is 7.88. The van der Waals surface area contributed by atoms with Crippen LogP contribution < -0.4 is 15.5 Å². The molecule has 1 aliphatic rings.